The van der Waals surface area contributed by atoms with Crippen LogP contribution < -0.4 is 0 Å². The summed E-state index contributed by atoms with van der Waals surface area (Å²) in [5, 5.41) is 0. The molecule has 0 amide bonds. The molecule has 0 aliphatic carbocycles. The molecule has 0 N–H and O–H groups in total. The van der Waals surface area contributed by atoms with E-state index >= 15 is 0 Å². The van der Waals surface area contributed by atoms with Crippen molar-refractivity contribution in [1.29, 1.82) is 0 Å². The van der Waals surface area contributed by atoms with E-state index in [9.17, 15) is 0 Å². The minimum atomic E-state index is 1.01. The maximum atomic E-state index is 3.84. The lowest BCUT2D eigenvalue weighted by molar-refractivity contribution is 1.42. The van der Waals surface area contributed by atoms with Gasteiger partial charge >= 0.3 is 0 Å². The second kappa shape index (κ2) is 5.16. The lowest BCUT2D eigenvalue weighted by atomic mass is 9.96. The van der Waals surface area contributed by atoms with Crippen molar-refractivity contribution in [3.8, 4) is 0 Å². The summed E-state index contributed by atoms with van der Waals surface area (Å²) in [6, 6.07) is 8.22. The van der Waals surface area contributed by atoms with Crippen LogP contribution in [0.4, 0.5) is 0 Å². The first-order valence-corrected chi connectivity index (χ1v) is 4.92. The Kier molecular flexibility index (Phi) is 3.87. The average Bonchev–Trinajstić information content (AvgIpc) is 2.27. The van der Waals surface area contributed by atoms with Gasteiger partial charge in [-0.3, -0.25) is 0 Å². The fourth-order valence-corrected chi connectivity index (χ4v) is 1.56. The molecule has 76 valence electrons. The van der Waals surface area contributed by atoms with Gasteiger partial charge in [-0.05, 0) is 29.2 Å². The lowest BCUT2D eigenvalue weighted by Crippen LogP contribution is -1.88. The van der Waals surface area contributed by atoms with Crippen molar-refractivity contribution in [3.05, 3.63) is 78.9 Å². The van der Waals surface area contributed by atoms with Gasteiger partial charge in [0.15, 0.2) is 0 Å². The number of allylic oxidation sites excluding steroid dienone is 5. The molecule has 0 aromatic heterocycles. The molecule has 0 fully saturated rings. The molecule has 1 aromatic carbocycles. The van der Waals surface area contributed by atoms with Gasteiger partial charge in [0.1, 0.15) is 0 Å². The summed E-state index contributed by atoms with van der Waals surface area (Å²) in [4.78, 5) is 0. The van der Waals surface area contributed by atoms with Crippen molar-refractivity contribution in [3.63, 3.8) is 0 Å². The molecule has 0 atom stereocenters. The number of hydrogen-bond acceptors (Lipinski definition) is 0. The molecule has 0 bridgehead atoms. The normalized spacial score (nSPS) is 9.13. The quantitative estimate of drug-likeness (QED) is 0.629. The van der Waals surface area contributed by atoms with Crippen LogP contribution in [0.1, 0.15) is 11.1 Å². The molecule has 0 heterocycles. The van der Waals surface area contributed by atoms with Gasteiger partial charge in [0, 0.05) is 0 Å². The Morgan fingerprint density at radius 3 is 2.07 bits per heavy atom. The average molecular weight is 196 g/mol. The van der Waals surface area contributed by atoms with E-state index in [2.05, 4.69) is 38.8 Å². The van der Waals surface area contributed by atoms with Crippen LogP contribution in [-0.2, 0) is 0 Å². The van der Waals surface area contributed by atoms with E-state index in [0.29, 0.717) is 0 Å². The summed E-state index contributed by atoms with van der Waals surface area (Å²) in [6.07, 6.45) is 5.45. The third-order valence-electron chi connectivity index (χ3n) is 2.39. The van der Waals surface area contributed by atoms with E-state index in [1.807, 2.05) is 18.2 Å². The number of benzene rings is 1. The highest BCUT2D eigenvalue weighted by molar-refractivity contribution is 5.81. The van der Waals surface area contributed by atoms with Crippen LogP contribution in [0.15, 0.2) is 67.8 Å². The molecule has 0 saturated heterocycles. The predicted octanol–water partition coefficient (Wildman–Crippen LogP) is 4.31. The fourth-order valence-electron chi connectivity index (χ4n) is 1.56. The van der Waals surface area contributed by atoms with Crippen molar-refractivity contribution < 1.29 is 0 Å². The zero-order valence-corrected chi connectivity index (χ0v) is 9.16. The summed E-state index contributed by atoms with van der Waals surface area (Å²) in [7, 11) is 0. The standard InChI is InChI=1S/C15H16/c1-5-13(6-2)14(7-3)15-11-9-8-10-12(15)4/h5-11H,1-3H2,4H3. The highest BCUT2D eigenvalue weighted by atomic mass is 14.1. The molecule has 0 unspecified atom stereocenters. The van der Waals surface area contributed by atoms with Crippen molar-refractivity contribution >= 4 is 5.57 Å². The van der Waals surface area contributed by atoms with Crippen LogP contribution in [0.2, 0.25) is 0 Å². The van der Waals surface area contributed by atoms with E-state index in [1.165, 1.54) is 11.1 Å². The first-order valence-electron chi connectivity index (χ1n) is 4.92. The fraction of sp³-hybridized carbons (Fsp3) is 0.0667. The smallest absolute Gasteiger partial charge is 0.0115 e. The number of hydrogen-bond donors (Lipinski definition) is 0. The monoisotopic (exact) mass is 196 g/mol. The van der Waals surface area contributed by atoms with Crippen molar-refractivity contribution in [2.24, 2.45) is 0 Å². The molecule has 0 aliphatic rings. The van der Waals surface area contributed by atoms with Gasteiger partial charge < -0.3 is 0 Å². The van der Waals surface area contributed by atoms with Crippen LogP contribution in [0.25, 0.3) is 5.57 Å². The molecular weight excluding hydrogens is 180 g/mol. The van der Waals surface area contributed by atoms with E-state index in [4.69, 9.17) is 0 Å². The SMILES string of the molecule is C=CC(C=C)=C(C=C)c1ccccc1C. The summed E-state index contributed by atoms with van der Waals surface area (Å²) in [6.45, 7) is 13.5. The summed E-state index contributed by atoms with van der Waals surface area (Å²) < 4.78 is 0. The molecule has 0 spiro atoms. The van der Waals surface area contributed by atoms with Gasteiger partial charge in [0.2, 0.25) is 0 Å². The first-order chi connectivity index (χ1) is 7.24. The summed E-state index contributed by atoms with van der Waals surface area (Å²) >= 11 is 0. The van der Waals surface area contributed by atoms with Gasteiger partial charge in [0.05, 0.1) is 0 Å². The summed E-state index contributed by atoms with van der Waals surface area (Å²) in [5.74, 6) is 0. The molecular formula is C15H16. The predicted molar refractivity (Wildman–Crippen MR) is 68.7 cm³/mol. The highest BCUT2D eigenvalue weighted by Crippen LogP contribution is 2.24. The van der Waals surface area contributed by atoms with Gasteiger partial charge in [-0.25, -0.2) is 0 Å². The molecule has 0 aliphatic heterocycles. The maximum absolute atomic E-state index is 3.84. The van der Waals surface area contributed by atoms with Crippen molar-refractivity contribution in [1.82, 2.24) is 0 Å². The minimum Gasteiger partial charge on any atom is -0.0984 e. The van der Waals surface area contributed by atoms with Crippen molar-refractivity contribution in [2.75, 3.05) is 0 Å². The van der Waals surface area contributed by atoms with E-state index in [-0.39, 0.29) is 0 Å². The maximum Gasteiger partial charge on any atom is -0.0115 e. The third kappa shape index (κ3) is 2.35. The third-order valence-corrected chi connectivity index (χ3v) is 2.39. The minimum absolute atomic E-state index is 1.01. The zero-order chi connectivity index (χ0) is 11.3. The van der Waals surface area contributed by atoms with E-state index in [1.54, 1.807) is 12.2 Å². The van der Waals surface area contributed by atoms with Crippen LogP contribution in [0.3, 0.4) is 0 Å². The Morgan fingerprint density at radius 2 is 1.60 bits per heavy atom. The van der Waals surface area contributed by atoms with Gasteiger partial charge in [-0.2, -0.15) is 0 Å². The Bertz CT molecular complexity index is 409. The topological polar surface area (TPSA) is 0 Å². The molecule has 15 heavy (non-hydrogen) atoms. The summed E-state index contributed by atoms with van der Waals surface area (Å²) in [5.41, 5.74) is 4.51. The molecule has 0 radical (unpaired) electrons. The van der Waals surface area contributed by atoms with E-state index < -0.39 is 0 Å². The van der Waals surface area contributed by atoms with Gasteiger partial charge in [-0.1, -0.05) is 62.2 Å². The second-order valence-corrected chi connectivity index (χ2v) is 3.30. The lowest BCUT2D eigenvalue weighted by Gasteiger charge is -2.09. The van der Waals surface area contributed by atoms with E-state index in [0.717, 1.165) is 11.1 Å². The van der Waals surface area contributed by atoms with Crippen LogP contribution in [0.5, 0.6) is 0 Å². The highest BCUT2D eigenvalue weighted by Gasteiger charge is 2.03. The Morgan fingerprint density at radius 1 is 1.00 bits per heavy atom. The number of aryl methyl sites for hydroxylation is 1. The van der Waals surface area contributed by atoms with Crippen LogP contribution in [-0.4, -0.2) is 0 Å². The van der Waals surface area contributed by atoms with Crippen LogP contribution in [0, 0.1) is 6.92 Å². The Labute approximate surface area is 92.0 Å². The van der Waals surface area contributed by atoms with Gasteiger partial charge in [0.25, 0.3) is 0 Å². The molecule has 0 heteroatoms. The Hall–Kier alpha value is -1.82. The first kappa shape index (κ1) is 11.3. The molecule has 0 nitrogen and oxygen atoms in total. The zero-order valence-electron chi connectivity index (χ0n) is 9.16. The largest absolute Gasteiger partial charge is 0.0984 e. The van der Waals surface area contributed by atoms with Gasteiger partial charge in [-0.15, -0.1) is 0 Å². The molecule has 1 aromatic rings. The number of rotatable bonds is 4. The second-order valence-electron chi connectivity index (χ2n) is 3.30. The Balaban J connectivity index is 3.42. The molecule has 1 rings (SSSR count). The molecule has 0 saturated carbocycles. The van der Waals surface area contributed by atoms with Crippen molar-refractivity contribution in [2.45, 2.75) is 6.92 Å². The van der Waals surface area contributed by atoms with Crippen LogP contribution >= 0.6 is 0 Å².